The first-order valence-corrected chi connectivity index (χ1v) is 11.9. The number of fused-ring (bicyclic) bond motifs is 2. The minimum Gasteiger partial charge on any atom is -0.479 e. The fourth-order valence-electron chi connectivity index (χ4n) is 5.46. The van der Waals surface area contributed by atoms with Gasteiger partial charge in [0.1, 0.15) is 5.52 Å². The van der Waals surface area contributed by atoms with E-state index in [4.69, 9.17) is 9.84 Å². The number of carbonyl (C=O) groups is 1. The molecule has 0 atom stereocenters. The second kappa shape index (κ2) is 7.97. The second-order valence-electron chi connectivity index (χ2n) is 9.69. The van der Waals surface area contributed by atoms with Gasteiger partial charge in [-0.3, -0.25) is 9.78 Å². The first-order chi connectivity index (χ1) is 16.5. The lowest BCUT2D eigenvalue weighted by molar-refractivity contribution is -0.145. The van der Waals surface area contributed by atoms with Crippen LogP contribution in [0.25, 0.3) is 27.5 Å². The summed E-state index contributed by atoms with van der Waals surface area (Å²) < 4.78 is 7.48. The van der Waals surface area contributed by atoms with Crippen LogP contribution < -0.4 is 10.1 Å². The molecular weight excluding hydrogens is 428 g/mol. The summed E-state index contributed by atoms with van der Waals surface area (Å²) in [6, 6.07) is 12.4. The van der Waals surface area contributed by atoms with Gasteiger partial charge in [0.15, 0.2) is 0 Å². The van der Waals surface area contributed by atoms with Crippen LogP contribution in [0, 0.1) is 5.41 Å². The fourth-order valence-corrected chi connectivity index (χ4v) is 5.46. The number of carbonyl (C=O) groups excluding carboxylic acids is 1. The highest BCUT2D eigenvalue weighted by atomic mass is 16.5. The number of nitrogens with one attached hydrogen (secondary N) is 1. The number of hydrogen-bond donors (Lipinski definition) is 1. The Kier molecular flexibility index (Phi) is 4.90. The van der Waals surface area contributed by atoms with Gasteiger partial charge in [0.05, 0.1) is 18.0 Å². The highest BCUT2D eigenvalue weighted by molar-refractivity contribution is 5.90. The minimum absolute atomic E-state index is 0.168. The highest BCUT2D eigenvalue weighted by Crippen LogP contribution is 2.44. The number of methoxy groups -OCH3 is 1. The number of amides is 1. The van der Waals surface area contributed by atoms with Crippen LogP contribution in [0.1, 0.15) is 32.6 Å². The van der Waals surface area contributed by atoms with Gasteiger partial charge >= 0.3 is 0 Å². The number of rotatable bonds is 5. The zero-order valence-corrected chi connectivity index (χ0v) is 19.5. The molecule has 34 heavy (non-hydrogen) atoms. The lowest BCUT2D eigenvalue weighted by Crippen LogP contribution is -2.53. The van der Waals surface area contributed by atoms with Crippen molar-refractivity contribution in [3.63, 3.8) is 0 Å². The number of hydrogen-bond acceptors (Lipinski definition) is 6. The van der Waals surface area contributed by atoms with E-state index in [0.29, 0.717) is 11.8 Å². The van der Waals surface area contributed by atoms with E-state index in [0.717, 1.165) is 66.3 Å². The standard InChI is InChI=1S/C26H28N6O2/c1-26(24(33)31-11-3-4-12-31)15-19(16-26)28-25-29-23(34-2)22-20(9-13-32(22)30-25)17-7-8-21-18(14-17)6-5-10-27-21/h5-10,13-14,19H,3-4,11-12,15-16H2,1-2H3,(H,28,30). The van der Waals surface area contributed by atoms with Crippen molar-refractivity contribution in [2.24, 2.45) is 5.41 Å². The number of nitrogens with zero attached hydrogens (tertiary/aromatic N) is 5. The lowest BCUT2D eigenvalue weighted by Gasteiger charge is -2.45. The Labute approximate surface area is 198 Å². The molecule has 3 aromatic heterocycles. The molecule has 1 aromatic carbocycles. The fraction of sp³-hybridized carbons (Fsp3) is 0.385. The topological polar surface area (TPSA) is 84.6 Å². The van der Waals surface area contributed by atoms with E-state index in [9.17, 15) is 4.79 Å². The van der Waals surface area contributed by atoms with Gasteiger partial charge in [-0.2, -0.15) is 4.98 Å². The molecule has 0 bridgehead atoms. The zero-order valence-electron chi connectivity index (χ0n) is 19.5. The van der Waals surface area contributed by atoms with Gasteiger partial charge in [0.2, 0.25) is 17.7 Å². The van der Waals surface area contributed by atoms with Crippen molar-refractivity contribution < 1.29 is 9.53 Å². The Morgan fingerprint density at radius 2 is 2.00 bits per heavy atom. The maximum absolute atomic E-state index is 12.9. The molecule has 0 radical (unpaired) electrons. The molecule has 2 fully saturated rings. The summed E-state index contributed by atoms with van der Waals surface area (Å²) in [6.45, 7) is 3.87. The normalized spacial score (nSPS) is 22.2. The average molecular weight is 457 g/mol. The molecule has 1 saturated heterocycles. The third kappa shape index (κ3) is 3.45. The van der Waals surface area contributed by atoms with Gasteiger partial charge in [-0.25, -0.2) is 4.52 Å². The van der Waals surface area contributed by atoms with E-state index < -0.39 is 0 Å². The van der Waals surface area contributed by atoms with Gasteiger partial charge < -0.3 is 15.0 Å². The van der Waals surface area contributed by atoms with E-state index in [-0.39, 0.29) is 17.4 Å². The van der Waals surface area contributed by atoms with Crippen LogP contribution in [0.2, 0.25) is 0 Å². The summed E-state index contributed by atoms with van der Waals surface area (Å²) in [4.78, 5) is 24.0. The van der Waals surface area contributed by atoms with Gasteiger partial charge in [-0.1, -0.05) is 19.1 Å². The Balaban J connectivity index is 1.25. The van der Waals surface area contributed by atoms with Gasteiger partial charge in [0, 0.05) is 42.5 Å². The summed E-state index contributed by atoms with van der Waals surface area (Å²) >= 11 is 0. The molecular formula is C26H28N6O2. The molecule has 4 heterocycles. The van der Waals surface area contributed by atoms with Crippen molar-refractivity contribution in [1.29, 1.82) is 0 Å². The monoisotopic (exact) mass is 456 g/mol. The third-order valence-corrected chi connectivity index (χ3v) is 7.22. The third-order valence-electron chi connectivity index (χ3n) is 7.22. The van der Waals surface area contributed by atoms with Gasteiger partial charge in [0.25, 0.3) is 0 Å². The SMILES string of the molecule is COc1nc(NC2CC(C)(C(=O)N3CCCC3)C2)nn2ccc(-c3ccc4ncccc4c3)c12. The largest absolute Gasteiger partial charge is 0.479 e. The molecule has 8 nitrogen and oxygen atoms in total. The Bertz CT molecular complexity index is 1380. The molecule has 8 heteroatoms. The molecule has 1 N–H and O–H groups in total. The molecule has 174 valence electrons. The maximum Gasteiger partial charge on any atom is 0.244 e. The van der Waals surface area contributed by atoms with E-state index in [1.165, 1.54) is 0 Å². The molecule has 6 rings (SSSR count). The average Bonchev–Trinajstić information content (AvgIpc) is 3.52. The van der Waals surface area contributed by atoms with Crippen LogP contribution in [0.4, 0.5) is 5.95 Å². The van der Waals surface area contributed by atoms with Crippen molar-refractivity contribution in [3.8, 4) is 17.0 Å². The Hall–Kier alpha value is -3.68. The summed E-state index contributed by atoms with van der Waals surface area (Å²) in [5.41, 5.74) is 3.54. The molecule has 1 amide bonds. The van der Waals surface area contributed by atoms with Crippen molar-refractivity contribution in [1.82, 2.24) is 24.5 Å². The van der Waals surface area contributed by atoms with Crippen LogP contribution in [0.15, 0.2) is 48.8 Å². The molecule has 0 unspecified atom stereocenters. The molecule has 4 aromatic rings. The van der Waals surface area contributed by atoms with E-state index in [1.54, 1.807) is 13.3 Å². The van der Waals surface area contributed by atoms with Crippen molar-refractivity contribution in [2.75, 3.05) is 25.5 Å². The number of ether oxygens (including phenoxy) is 1. The van der Waals surface area contributed by atoms with Crippen LogP contribution >= 0.6 is 0 Å². The van der Waals surface area contributed by atoms with Gasteiger partial charge in [-0.15, -0.1) is 5.10 Å². The summed E-state index contributed by atoms with van der Waals surface area (Å²) in [5.74, 6) is 1.31. The molecule has 2 aliphatic rings. The van der Waals surface area contributed by atoms with Crippen LogP contribution in [-0.4, -0.2) is 56.6 Å². The van der Waals surface area contributed by atoms with Gasteiger partial charge in [-0.05, 0) is 55.5 Å². The molecule has 1 aliphatic carbocycles. The smallest absolute Gasteiger partial charge is 0.244 e. The van der Waals surface area contributed by atoms with E-state index in [2.05, 4.69) is 40.4 Å². The molecule has 1 aliphatic heterocycles. The predicted molar refractivity (Wildman–Crippen MR) is 131 cm³/mol. The first kappa shape index (κ1) is 20.9. The highest BCUT2D eigenvalue weighted by Gasteiger charge is 2.48. The summed E-state index contributed by atoms with van der Waals surface area (Å²) in [5, 5.41) is 9.19. The molecule has 0 spiro atoms. The van der Waals surface area contributed by atoms with Crippen molar-refractivity contribution >= 4 is 28.3 Å². The minimum atomic E-state index is -0.290. The van der Waals surface area contributed by atoms with Crippen molar-refractivity contribution in [2.45, 2.75) is 38.6 Å². The number of likely N-dealkylation sites (tertiary alicyclic amines) is 1. The van der Waals surface area contributed by atoms with Crippen LogP contribution in [-0.2, 0) is 4.79 Å². The summed E-state index contributed by atoms with van der Waals surface area (Å²) in [7, 11) is 1.63. The number of benzene rings is 1. The van der Waals surface area contributed by atoms with E-state index in [1.807, 2.05) is 33.8 Å². The second-order valence-corrected chi connectivity index (χ2v) is 9.69. The van der Waals surface area contributed by atoms with Crippen LogP contribution in [0.3, 0.4) is 0 Å². The Morgan fingerprint density at radius 1 is 1.18 bits per heavy atom. The molecule has 1 saturated carbocycles. The Morgan fingerprint density at radius 3 is 2.79 bits per heavy atom. The number of anilines is 1. The first-order valence-electron chi connectivity index (χ1n) is 11.9. The quantitative estimate of drug-likeness (QED) is 0.486. The maximum atomic E-state index is 12.9. The van der Waals surface area contributed by atoms with Crippen molar-refractivity contribution in [3.05, 3.63) is 48.8 Å². The zero-order chi connectivity index (χ0) is 23.3. The number of pyridine rings is 1. The number of aromatic nitrogens is 4. The van der Waals surface area contributed by atoms with E-state index >= 15 is 0 Å². The predicted octanol–water partition coefficient (Wildman–Crippen LogP) is 4.16. The lowest BCUT2D eigenvalue weighted by atomic mass is 9.66. The summed E-state index contributed by atoms with van der Waals surface area (Å²) in [6.07, 6.45) is 7.53. The van der Waals surface area contributed by atoms with Crippen LogP contribution in [0.5, 0.6) is 5.88 Å².